The fraction of sp³-hybridized carbons (Fsp3) is 0.636. The van der Waals surface area contributed by atoms with E-state index in [9.17, 15) is 33.1 Å². The van der Waals surface area contributed by atoms with E-state index in [1.165, 1.54) is 6.92 Å². The number of aromatic amines is 1. The van der Waals surface area contributed by atoms with Crippen LogP contribution in [0.15, 0.2) is 15.8 Å². The highest BCUT2D eigenvalue weighted by Gasteiger charge is 2.46. The first-order valence-electron chi connectivity index (χ1n) is 7.92. The Hall–Kier alpha value is -0.950. The summed E-state index contributed by atoms with van der Waals surface area (Å²) in [6, 6.07) is 0. The lowest BCUT2D eigenvalue weighted by atomic mass is 10.1. The van der Waals surface area contributed by atoms with Crippen molar-refractivity contribution in [2.45, 2.75) is 45.1 Å². The average Bonchev–Trinajstić information content (AvgIpc) is 2.89. The van der Waals surface area contributed by atoms with Gasteiger partial charge in [-0.05, 0) is 13.3 Å². The smallest absolute Gasteiger partial charge is 0.352 e. The second-order valence-corrected chi connectivity index (χ2v) is 10.4. The van der Waals surface area contributed by atoms with Crippen molar-refractivity contribution in [1.29, 1.82) is 0 Å². The van der Waals surface area contributed by atoms with Gasteiger partial charge < -0.3 is 24.3 Å². The molecule has 1 aromatic rings. The van der Waals surface area contributed by atoms with Gasteiger partial charge in [-0.15, -0.1) is 0 Å². The summed E-state index contributed by atoms with van der Waals surface area (Å²) in [5, 5.41) is 0. The lowest BCUT2D eigenvalue weighted by Crippen LogP contribution is -2.36. The molecule has 3 unspecified atom stereocenters. The molecular weight excluding hydrogens is 461 g/mol. The zero-order valence-corrected chi connectivity index (χ0v) is 17.7. The first-order chi connectivity index (χ1) is 13.1. The normalized spacial score (nSPS) is 26.8. The summed E-state index contributed by atoms with van der Waals surface area (Å²) in [6.45, 7) is 3.12. The summed E-state index contributed by atoms with van der Waals surface area (Å²) in [7, 11) is -16.6. The van der Waals surface area contributed by atoms with E-state index in [0.717, 1.165) is 10.8 Å². The van der Waals surface area contributed by atoms with E-state index >= 15 is 0 Å². The first kappa shape index (κ1) is 24.3. The van der Waals surface area contributed by atoms with Crippen LogP contribution in [0.1, 0.15) is 31.6 Å². The van der Waals surface area contributed by atoms with Crippen LogP contribution in [0, 0.1) is 6.92 Å². The molecule has 0 saturated carbocycles. The molecule has 29 heavy (non-hydrogen) atoms. The van der Waals surface area contributed by atoms with Crippen molar-refractivity contribution in [2.75, 3.05) is 0 Å². The third-order valence-corrected chi connectivity index (χ3v) is 7.57. The molecule has 5 atom stereocenters. The summed E-state index contributed by atoms with van der Waals surface area (Å²) in [5.74, 6) is 0. The highest BCUT2D eigenvalue weighted by atomic mass is 31.3. The van der Waals surface area contributed by atoms with Crippen molar-refractivity contribution < 1.29 is 51.2 Å². The van der Waals surface area contributed by atoms with Gasteiger partial charge in [0.15, 0.2) is 6.23 Å². The Bertz CT molecular complexity index is 1010. The van der Waals surface area contributed by atoms with Gasteiger partial charge in [-0.25, -0.2) is 18.5 Å². The third-order valence-electron chi connectivity index (χ3n) is 3.71. The van der Waals surface area contributed by atoms with Crippen LogP contribution in [0.3, 0.4) is 0 Å². The number of rotatable bonds is 8. The molecule has 18 heteroatoms. The number of H-pyrrole nitrogens is 1. The summed E-state index contributed by atoms with van der Waals surface area (Å²) in [4.78, 5) is 61.7. The number of hydrogen-bond acceptors (Lipinski definition) is 9. The fourth-order valence-corrected chi connectivity index (χ4v) is 5.76. The molecule has 0 radical (unpaired) electrons. The lowest BCUT2D eigenvalue weighted by molar-refractivity contribution is -0.0395. The van der Waals surface area contributed by atoms with Crippen LogP contribution < -0.4 is 11.2 Å². The molecule has 0 amide bonds. The summed E-state index contributed by atoms with van der Waals surface area (Å²) < 4.78 is 52.9. The Labute approximate surface area is 162 Å². The molecule has 166 valence electrons. The van der Waals surface area contributed by atoms with Crippen LogP contribution in [-0.2, 0) is 31.6 Å². The van der Waals surface area contributed by atoms with Crippen molar-refractivity contribution in [2.24, 2.45) is 0 Å². The molecule has 0 spiro atoms. The van der Waals surface area contributed by atoms with E-state index in [-0.39, 0.29) is 12.0 Å². The summed E-state index contributed by atoms with van der Waals surface area (Å²) in [5.41, 5.74) is -1.42. The molecule has 15 nitrogen and oxygen atoms in total. The molecule has 1 saturated heterocycles. The molecule has 1 aromatic heterocycles. The number of ether oxygens (including phenoxy) is 1. The van der Waals surface area contributed by atoms with Gasteiger partial charge in [-0.2, -0.15) is 8.62 Å². The SMILES string of the molecule is CC[C@@H]1CC(OP(=O)(O)OP(=O)(O)OP(=O)(O)O)[C@H](n2cc(C)c(=O)[nH]c2=O)O1. The number of aromatic nitrogens is 2. The van der Waals surface area contributed by atoms with Crippen molar-refractivity contribution in [3.8, 4) is 0 Å². The largest absolute Gasteiger partial charge is 0.490 e. The maximum Gasteiger partial charge on any atom is 0.490 e. The molecule has 5 N–H and O–H groups in total. The second kappa shape index (κ2) is 8.66. The molecular formula is C11H19N2O13P3. The van der Waals surface area contributed by atoms with Crippen LogP contribution >= 0.6 is 23.5 Å². The van der Waals surface area contributed by atoms with Gasteiger partial charge in [0, 0.05) is 18.2 Å². The molecule has 0 aromatic carbocycles. The number of hydrogen-bond donors (Lipinski definition) is 5. The van der Waals surface area contributed by atoms with Crippen LogP contribution in [0.5, 0.6) is 0 Å². The van der Waals surface area contributed by atoms with Crippen LogP contribution in [-0.4, -0.2) is 41.3 Å². The van der Waals surface area contributed by atoms with Gasteiger partial charge in [0.1, 0.15) is 6.10 Å². The Balaban J connectivity index is 2.29. The summed E-state index contributed by atoms with van der Waals surface area (Å²) in [6.07, 6.45) is -1.73. The van der Waals surface area contributed by atoms with Crippen molar-refractivity contribution in [3.63, 3.8) is 0 Å². The van der Waals surface area contributed by atoms with E-state index in [4.69, 9.17) is 19.0 Å². The molecule has 1 aliphatic heterocycles. The Morgan fingerprint density at radius 1 is 1.17 bits per heavy atom. The first-order valence-corrected chi connectivity index (χ1v) is 12.4. The van der Waals surface area contributed by atoms with Crippen LogP contribution in [0.25, 0.3) is 0 Å². The van der Waals surface area contributed by atoms with E-state index in [1.807, 2.05) is 4.98 Å². The average molecular weight is 480 g/mol. The minimum absolute atomic E-state index is 0.0469. The third kappa shape index (κ3) is 6.78. The predicted octanol–water partition coefficient (Wildman–Crippen LogP) is 0.254. The van der Waals surface area contributed by atoms with Gasteiger partial charge in [0.25, 0.3) is 5.56 Å². The van der Waals surface area contributed by atoms with Crippen LogP contribution in [0.2, 0.25) is 0 Å². The minimum atomic E-state index is -5.69. The number of nitrogens with one attached hydrogen (secondary N) is 1. The molecule has 0 bridgehead atoms. The molecule has 1 fully saturated rings. The molecule has 1 aliphatic rings. The van der Waals surface area contributed by atoms with E-state index < -0.39 is 53.2 Å². The maximum atomic E-state index is 12.1. The Kier molecular flexibility index (Phi) is 7.26. The minimum Gasteiger partial charge on any atom is -0.352 e. The summed E-state index contributed by atoms with van der Waals surface area (Å²) >= 11 is 0. The number of aryl methyl sites for hydroxylation is 1. The van der Waals surface area contributed by atoms with Gasteiger partial charge in [-0.1, -0.05) is 6.92 Å². The molecule has 0 aliphatic carbocycles. The van der Waals surface area contributed by atoms with Crippen molar-refractivity contribution >= 4 is 23.5 Å². The number of phosphoric ester groups is 1. The Morgan fingerprint density at radius 3 is 2.34 bits per heavy atom. The quantitative estimate of drug-likeness (QED) is 0.315. The number of phosphoric acid groups is 3. The van der Waals surface area contributed by atoms with E-state index in [0.29, 0.717) is 6.42 Å². The van der Waals surface area contributed by atoms with Gasteiger partial charge >= 0.3 is 29.2 Å². The standard InChI is InChI=1S/C11H19N2O13P3/c1-3-7-4-8(10(23-7)13-5-6(2)9(14)12-11(13)15)24-28(19,20)26-29(21,22)25-27(16,17)18/h5,7-8,10H,3-4H2,1-2H3,(H,19,20)(H,21,22)(H,12,14,15)(H2,16,17,18)/t7-,8?,10-/m1/s1. The number of nitrogens with zero attached hydrogens (tertiary/aromatic N) is 1. The van der Waals surface area contributed by atoms with E-state index in [2.05, 4.69) is 8.62 Å². The van der Waals surface area contributed by atoms with E-state index in [1.54, 1.807) is 6.92 Å². The van der Waals surface area contributed by atoms with Gasteiger partial charge in [0.2, 0.25) is 0 Å². The fourth-order valence-electron chi connectivity index (χ4n) is 2.56. The predicted molar refractivity (Wildman–Crippen MR) is 93.6 cm³/mol. The zero-order valence-electron chi connectivity index (χ0n) is 15.0. The van der Waals surface area contributed by atoms with Crippen LogP contribution in [0.4, 0.5) is 0 Å². The van der Waals surface area contributed by atoms with Crippen molar-refractivity contribution in [1.82, 2.24) is 9.55 Å². The lowest BCUT2D eigenvalue weighted by Gasteiger charge is -2.23. The highest BCUT2D eigenvalue weighted by Crippen LogP contribution is 2.67. The molecule has 2 heterocycles. The maximum absolute atomic E-state index is 12.1. The van der Waals surface area contributed by atoms with Crippen molar-refractivity contribution in [3.05, 3.63) is 32.6 Å². The Morgan fingerprint density at radius 2 is 1.79 bits per heavy atom. The monoisotopic (exact) mass is 480 g/mol. The van der Waals surface area contributed by atoms with Gasteiger partial charge in [-0.3, -0.25) is 18.9 Å². The molecule has 2 rings (SSSR count). The highest BCUT2D eigenvalue weighted by molar-refractivity contribution is 7.66. The second-order valence-electron chi connectivity index (χ2n) is 6.01. The van der Waals surface area contributed by atoms with Gasteiger partial charge in [0.05, 0.1) is 6.10 Å². The zero-order chi connectivity index (χ0) is 22.2. The topological polar surface area (TPSA) is 224 Å².